The molecule has 5 rings (SSSR count). The predicted octanol–water partition coefficient (Wildman–Crippen LogP) is 4.18. The molecule has 7 nitrogen and oxygen atoms in total. The summed E-state index contributed by atoms with van der Waals surface area (Å²) in [4.78, 5) is 16.5. The van der Waals surface area contributed by atoms with E-state index >= 15 is 0 Å². The molecule has 0 unspecified atom stereocenters. The molecule has 0 fully saturated rings. The van der Waals surface area contributed by atoms with Crippen LogP contribution in [0.2, 0.25) is 0 Å². The van der Waals surface area contributed by atoms with Crippen LogP contribution in [0.5, 0.6) is 0 Å². The van der Waals surface area contributed by atoms with Crippen LogP contribution in [0.3, 0.4) is 0 Å². The van der Waals surface area contributed by atoms with E-state index in [2.05, 4.69) is 20.5 Å². The van der Waals surface area contributed by atoms with Crippen LogP contribution in [0, 0.1) is 6.92 Å². The highest BCUT2D eigenvalue weighted by atomic mass is 19.4. The van der Waals surface area contributed by atoms with E-state index in [9.17, 15) is 18.0 Å². The Morgan fingerprint density at radius 1 is 1.19 bits per heavy atom. The Balaban J connectivity index is 1.45. The Hall–Kier alpha value is -3.69. The third-order valence-electron chi connectivity index (χ3n) is 5.62. The fourth-order valence-electron chi connectivity index (χ4n) is 4.14. The Morgan fingerprint density at radius 3 is 2.84 bits per heavy atom. The molecule has 4 aromatic rings. The number of nitrogens with zero attached hydrogens (tertiary/aromatic N) is 5. The van der Waals surface area contributed by atoms with E-state index in [4.69, 9.17) is 0 Å². The van der Waals surface area contributed by atoms with E-state index in [0.29, 0.717) is 41.0 Å². The van der Waals surface area contributed by atoms with Crippen molar-refractivity contribution in [3.05, 3.63) is 71.4 Å². The first-order valence-electron chi connectivity index (χ1n) is 10.2. The topological polar surface area (TPSA) is 77.1 Å². The van der Waals surface area contributed by atoms with Crippen LogP contribution in [0.4, 0.5) is 13.2 Å². The minimum atomic E-state index is -4.53. The lowest BCUT2D eigenvalue weighted by Crippen LogP contribution is -2.33. The average molecular weight is 440 g/mol. The molecule has 0 radical (unpaired) electrons. The summed E-state index contributed by atoms with van der Waals surface area (Å²) in [6.07, 6.45) is -0.122. The number of hydrogen-bond acceptors (Lipinski definition) is 4. The molecule has 1 aliphatic heterocycles. The van der Waals surface area contributed by atoms with E-state index in [1.54, 1.807) is 28.4 Å². The van der Waals surface area contributed by atoms with Gasteiger partial charge in [0, 0.05) is 24.5 Å². The van der Waals surface area contributed by atoms with Gasteiger partial charge in [-0.05, 0) is 50.1 Å². The number of amides is 1. The molecule has 1 atom stereocenters. The molecule has 0 spiro atoms. The number of pyridine rings is 2. The highest BCUT2D eigenvalue weighted by Gasteiger charge is 2.33. The fraction of sp³-hybridized carbons (Fsp3) is 0.273. The van der Waals surface area contributed by atoms with Crippen molar-refractivity contribution in [1.82, 2.24) is 29.7 Å². The first kappa shape index (κ1) is 20.2. The SMILES string of the molecule is Cc1nn2ccccc2c1C(=O)N[C@H]1CCCn2nc(-c3ccnc(C(F)(F)F)c3)cc21. The monoisotopic (exact) mass is 440 g/mol. The fourth-order valence-corrected chi connectivity index (χ4v) is 4.14. The van der Waals surface area contributed by atoms with Crippen molar-refractivity contribution in [2.75, 3.05) is 0 Å². The predicted molar refractivity (Wildman–Crippen MR) is 110 cm³/mol. The first-order chi connectivity index (χ1) is 15.3. The third-order valence-corrected chi connectivity index (χ3v) is 5.62. The van der Waals surface area contributed by atoms with Gasteiger partial charge < -0.3 is 5.32 Å². The Kier molecular flexibility index (Phi) is 4.72. The molecular weight excluding hydrogens is 421 g/mol. The van der Waals surface area contributed by atoms with Gasteiger partial charge in [-0.25, -0.2) is 4.52 Å². The number of carbonyl (C=O) groups excluding carboxylic acids is 1. The number of rotatable bonds is 3. The van der Waals surface area contributed by atoms with E-state index in [1.807, 2.05) is 18.2 Å². The summed E-state index contributed by atoms with van der Waals surface area (Å²) in [5.74, 6) is -0.242. The highest BCUT2D eigenvalue weighted by Crippen LogP contribution is 2.33. The third kappa shape index (κ3) is 3.51. The second-order valence-corrected chi connectivity index (χ2v) is 7.76. The van der Waals surface area contributed by atoms with Gasteiger partial charge in [0.25, 0.3) is 5.91 Å². The lowest BCUT2D eigenvalue weighted by molar-refractivity contribution is -0.141. The van der Waals surface area contributed by atoms with Gasteiger partial charge in [0.05, 0.1) is 34.2 Å². The van der Waals surface area contributed by atoms with Crippen LogP contribution in [0.15, 0.2) is 48.8 Å². The van der Waals surface area contributed by atoms with Gasteiger partial charge in [-0.3, -0.25) is 14.5 Å². The molecule has 1 N–H and O–H groups in total. The summed E-state index contributed by atoms with van der Waals surface area (Å²) >= 11 is 0. The number of fused-ring (bicyclic) bond motifs is 2. The zero-order chi connectivity index (χ0) is 22.5. The van der Waals surface area contributed by atoms with Crippen molar-refractivity contribution in [1.29, 1.82) is 0 Å². The number of alkyl halides is 3. The number of aryl methyl sites for hydroxylation is 2. The van der Waals surface area contributed by atoms with Gasteiger partial charge in [0.2, 0.25) is 0 Å². The maximum atomic E-state index is 13.1. The summed E-state index contributed by atoms with van der Waals surface area (Å²) in [7, 11) is 0. The standard InChI is InChI=1S/C22H19F3N6O/c1-13-20(17-6-2-3-9-30(17)28-13)21(32)27-15-5-4-10-31-18(15)12-16(29-31)14-7-8-26-19(11-14)22(23,24)25/h2-3,6-9,11-12,15H,4-5,10H2,1H3,(H,27,32)/t15-/m0/s1. The lowest BCUT2D eigenvalue weighted by Gasteiger charge is -2.24. The molecule has 0 bridgehead atoms. The normalized spacial score (nSPS) is 16.2. The van der Waals surface area contributed by atoms with E-state index in [1.165, 1.54) is 6.07 Å². The number of halogens is 3. The van der Waals surface area contributed by atoms with Gasteiger partial charge in [0.15, 0.2) is 0 Å². The van der Waals surface area contributed by atoms with Crippen LogP contribution in [0.25, 0.3) is 16.8 Å². The molecule has 0 saturated carbocycles. The molecule has 1 amide bonds. The highest BCUT2D eigenvalue weighted by molar-refractivity contribution is 6.02. The summed E-state index contributed by atoms with van der Waals surface area (Å²) < 4.78 is 42.6. The van der Waals surface area contributed by atoms with E-state index in [-0.39, 0.29) is 11.9 Å². The van der Waals surface area contributed by atoms with Crippen LogP contribution < -0.4 is 5.32 Å². The number of nitrogens with one attached hydrogen (secondary N) is 1. The van der Waals surface area contributed by atoms with Gasteiger partial charge in [-0.1, -0.05) is 6.07 Å². The summed E-state index contributed by atoms with van der Waals surface area (Å²) in [5.41, 5.74) is 2.39. The smallest absolute Gasteiger partial charge is 0.344 e. The van der Waals surface area contributed by atoms with Crippen molar-refractivity contribution < 1.29 is 18.0 Å². The number of aromatic nitrogens is 5. The number of carbonyl (C=O) groups is 1. The molecule has 164 valence electrons. The quantitative estimate of drug-likeness (QED) is 0.518. The van der Waals surface area contributed by atoms with Crippen LogP contribution >= 0.6 is 0 Å². The van der Waals surface area contributed by atoms with E-state index in [0.717, 1.165) is 24.4 Å². The molecule has 0 aromatic carbocycles. The molecule has 4 aromatic heterocycles. The van der Waals surface area contributed by atoms with Gasteiger partial charge in [-0.2, -0.15) is 23.4 Å². The van der Waals surface area contributed by atoms with Crippen LogP contribution in [0.1, 0.15) is 46.3 Å². The van der Waals surface area contributed by atoms with Gasteiger partial charge in [-0.15, -0.1) is 0 Å². The number of hydrogen-bond donors (Lipinski definition) is 1. The second kappa shape index (κ2) is 7.47. The molecule has 0 aliphatic carbocycles. The van der Waals surface area contributed by atoms with Crippen molar-refractivity contribution >= 4 is 11.4 Å². The van der Waals surface area contributed by atoms with Crippen molar-refractivity contribution in [2.24, 2.45) is 0 Å². The largest absolute Gasteiger partial charge is 0.433 e. The molecule has 10 heteroatoms. The van der Waals surface area contributed by atoms with Crippen LogP contribution in [-0.4, -0.2) is 30.3 Å². The maximum Gasteiger partial charge on any atom is 0.433 e. The zero-order valence-electron chi connectivity index (χ0n) is 17.1. The Labute approximate surface area is 180 Å². The van der Waals surface area contributed by atoms with E-state index < -0.39 is 11.9 Å². The van der Waals surface area contributed by atoms with Crippen molar-refractivity contribution in [3.8, 4) is 11.3 Å². The molecule has 1 aliphatic rings. The molecule has 32 heavy (non-hydrogen) atoms. The minimum Gasteiger partial charge on any atom is -0.344 e. The van der Waals surface area contributed by atoms with Crippen LogP contribution in [-0.2, 0) is 12.7 Å². The average Bonchev–Trinajstić information content (AvgIpc) is 3.34. The van der Waals surface area contributed by atoms with Gasteiger partial charge >= 0.3 is 6.18 Å². The Bertz CT molecular complexity index is 1320. The van der Waals surface area contributed by atoms with Gasteiger partial charge in [0.1, 0.15) is 5.69 Å². The lowest BCUT2D eigenvalue weighted by atomic mass is 10.0. The molecule has 5 heterocycles. The Morgan fingerprint density at radius 2 is 2.03 bits per heavy atom. The second-order valence-electron chi connectivity index (χ2n) is 7.76. The first-order valence-corrected chi connectivity index (χ1v) is 10.2. The summed E-state index contributed by atoms with van der Waals surface area (Å²) in [6.45, 7) is 2.42. The zero-order valence-corrected chi connectivity index (χ0v) is 17.1. The summed E-state index contributed by atoms with van der Waals surface area (Å²) in [5, 5.41) is 11.9. The molecule has 0 saturated heterocycles. The minimum absolute atomic E-state index is 0.242. The van der Waals surface area contributed by atoms with Crippen molar-refractivity contribution in [2.45, 2.75) is 38.5 Å². The molecular formula is C22H19F3N6O. The summed E-state index contributed by atoms with van der Waals surface area (Å²) in [6, 6.07) is 9.44. The van der Waals surface area contributed by atoms with Crippen molar-refractivity contribution in [3.63, 3.8) is 0 Å². The maximum absolute atomic E-state index is 13.1.